The third-order valence-electron chi connectivity index (χ3n) is 12.0. The van der Waals surface area contributed by atoms with Gasteiger partial charge in [-0.3, -0.25) is 21.0 Å². The van der Waals surface area contributed by atoms with Crippen LogP contribution in [0.4, 0.5) is 0 Å². The summed E-state index contributed by atoms with van der Waals surface area (Å²) in [4.78, 5) is 0. The molecule has 0 bridgehead atoms. The van der Waals surface area contributed by atoms with Crippen LogP contribution in [0, 0.1) is 0 Å². The molecule has 0 spiro atoms. The Kier molecular flexibility index (Phi) is 93.6. The van der Waals surface area contributed by atoms with Crippen LogP contribution < -0.4 is 0 Å². The molecule has 0 amide bonds. The molecule has 0 aliphatic heterocycles. The molecule has 0 aliphatic carbocycles. The molecule has 2 rings (SSSR count). The minimum absolute atomic E-state index is 0.0817. The van der Waals surface area contributed by atoms with Gasteiger partial charge in [0, 0.05) is 233 Å². The van der Waals surface area contributed by atoms with E-state index in [4.69, 9.17) is 28.4 Å². The lowest BCUT2D eigenvalue weighted by atomic mass is 10.2. The lowest BCUT2D eigenvalue weighted by Gasteiger charge is -2.05. The van der Waals surface area contributed by atoms with Crippen LogP contribution in [0.3, 0.4) is 0 Å². The molecule has 0 saturated heterocycles. The highest BCUT2D eigenvalue weighted by Gasteiger charge is 2.15. The minimum atomic E-state index is -3.02. The summed E-state index contributed by atoms with van der Waals surface area (Å²) in [7, 11) is -1.83. The predicted octanol–water partition coefficient (Wildman–Crippen LogP) is 7.43. The summed E-state index contributed by atoms with van der Waals surface area (Å²) in [6, 6.07) is 19.1. The highest BCUT2D eigenvalue weighted by molar-refractivity contribution is 7.92. The van der Waals surface area contributed by atoms with Crippen LogP contribution >= 0.6 is 0 Å². The van der Waals surface area contributed by atoms with E-state index < -0.39 is 103 Å². The second-order valence-electron chi connectivity index (χ2n) is 22.2. The summed E-state index contributed by atoms with van der Waals surface area (Å²) in [5, 5.41) is -0.000457. The Morgan fingerprint density at radius 2 is 0.706 bits per heavy atom. The predicted molar refractivity (Wildman–Crippen MR) is 430 cm³/mol. The van der Waals surface area contributed by atoms with Gasteiger partial charge in [-0.25, -0.2) is 42.1 Å². The van der Waals surface area contributed by atoms with E-state index in [9.17, 15) is 63.1 Å². The lowest BCUT2D eigenvalue weighted by Crippen LogP contribution is -2.20. The number of hydrogen-bond acceptors (Lipinski definition) is 25. The van der Waals surface area contributed by atoms with Gasteiger partial charge in [0.15, 0.2) is 39.3 Å². The molecule has 25 nitrogen and oxygen atoms in total. The zero-order valence-corrected chi connectivity index (χ0v) is 73.7. The van der Waals surface area contributed by atoms with Gasteiger partial charge in [0.1, 0.15) is 9.84 Å². The molecule has 616 valence electrons. The lowest BCUT2D eigenvalue weighted by molar-refractivity contribution is 0.200. The maximum atomic E-state index is 11.5. The Labute approximate surface area is 633 Å². The first-order chi connectivity index (χ1) is 47.8. The van der Waals surface area contributed by atoms with Crippen molar-refractivity contribution in [3.05, 3.63) is 71.8 Å². The van der Waals surface area contributed by atoms with Gasteiger partial charge >= 0.3 is 0 Å². The standard InChI is InChI=1S/C11H16O2S.C10H14O3S.2C7H16O2S.2C6H14O3S.C6H14O2S.C5H12O3S.C5H12O2S.C4H10O3S/c1-13-8-5-9-14(12)10-11-6-3-2-4-7-11;1-13-7-8-14(11,12)9-10-5-3-2-4-6-10;1-7(2)10(8)6-4-5-9-3;1-3-6-10(8)7-4-5-9-2;1-6(2)10(7,8)5-4-9-3;1-3-5-10(7,8)6-4-9-2;1-3-9(7)6-4-5-8-2;1-3-9(6,7)5-4-8-2;1-7-4-3-5-8(2)6;1-7-3-4-8(2,5)6/h2-4,6-7H,5,8-10H2,1H3;2-6H,7-9H2,1H3;7H,4-6H2,1-3H3;3-7H2,1-2H3;6H,4-5H2,1-3H3;3-6H2,1-2H3;3-6H2,1-2H3;3-5H2,1-2H3;3-5H2,1-2H3;3-4H2,1-2H3. The smallest absolute Gasteiger partial charge is 0.156 e. The molecule has 5 atom stereocenters. The van der Waals surface area contributed by atoms with Crippen LogP contribution in [-0.2, 0) is 162 Å². The number of benzene rings is 2. The number of methoxy groups -OCH3 is 10. The highest BCUT2D eigenvalue weighted by atomic mass is 32.2. The second kappa shape index (κ2) is 82.0. The first-order valence-electron chi connectivity index (χ1n) is 33.5. The van der Waals surface area contributed by atoms with Crippen molar-refractivity contribution in [1.82, 2.24) is 0 Å². The largest absolute Gasteiger partial charge is 0.385 e. The van der Waals surface area contributed by atoms with E-state index in [1.807, 2.05) is 95.3 Å². The molecule has 0 heterocycles. The number of hydrogen-bond donors (Lipinski definition) is 0. The topological polar surface area (TPSA) is 348 Å². The monoisotopic (exact) mass is 1660 g/mol. The minimum Gasteiger partial charge on any atom is -0.385 e. The second-order valence-corrected chi connectivity index (χ2v) is 42.9. The Morgan fingerprint density at radius 1 is 0.363 bits per heavy atom. The quantitative estimate of drug-likeness (QED) is 0.0581. The number of sulfone groups is 5. The first-order valence-corrected chi connectivity index (χ1v) is 50.4. The molecule has 0 N–H and O–H groups in total. The van der Waals surface area contributed by atoms with Crippen LogP contribution in [0.25, 0.3) is 0 Å². The van der Waals surface area contributed by atoms with E-state index in [1.165, 1.54) is 41.8 Å². The Hall–Kier alpha value is -1.46. The van der Waals surface area contributed by atoms with E-state index in [-0.39, 0.29) is 63.1 Å². The fraction of sp³-hybridized carbons (Fsp3) is 0.821. The molecule has 0 radical (unpaired) electrons. The van der Waals surface area contributed by atoms with Gasteiger partial charge in [-0.05, 0) is 69.9 Å². The van der Waals surface area contributed by atoms with Crippen molar-refractivity contribution in [2.75, 3.05) is 230 Å². The normalized spacial score (nSPS) is 12.6. The van der Waals surface area contributed by atoms with Crippen LogP contribution in [-0.4, -0.2) is 304 Å². The van der Waals surface area contributed by atoms with Gasteiger partial charge in [0.25, 0.3) is 0 Å². The molecule has 2 aromatic carbocycles. The number of ether oxygens (including phenoxy) is 10. The van der Waals surface area contributed by atoms with Crippen molar-refractivity contribution in [1.29, 1.82) is 0 Å². The van der Waals surface area contributed by atoms with Gasteiger partial charge in [-0.1, -0.05) is 102 Å². The van der Waals surface area contributed by atoms with E-state index >= 15 is 0 Å². The molecule has 2 aromatic rings. The van der Waals surface area contributed by atoms with Crippen molar-refractivity contribution in [2.24, 2.45) is 0 Å². The van der Waals surface area contributed by atoms with Crippen molar-refractivity contribution in [3.63, 3.8) is 0 Å². The van der Waals surface area contributed by atoms with Crippen LogP contribution in [0.5, 0.6) is 0 Å². The molecule has 0 aliphatic rings. The maximum absolute atomic E-state index is 11.5. The molecule has 102 heavy (non-hydrogen) atoms. The van der Waals surface area contributed by atoms with Crippen LogP contribution in [0.15, 0.2) is 60.7 Å². The summed E-state index contributed by atoms with van der Waals surface area (Å²) in [6.45, 7) is 19.8. The number of rotatable bonds is 47. The van der Waals surface area contributed by atoms with E-state index in [2.05, 4.69) is 18.9 Å². The fourth-order valence-corrected chi connectivity index (χ4v) is 15.1. The van der Waals surface area contributed by atoms with Crippen molar-refractivity contribution in [3.8, 4) is 0 Å². The van der Waals surface area contributed by atoms with Gasteiger partial charge in [-0.2, -0.15) is 0 Å². The summed E-state index contributed by atoms with van der Waals surface area (Å²) in [6.07, 6.45) is 9.10. The van der Waals surface area contributed by atoms with E-state index in [0.29, 0.717) is 45.2 Å². The third kappa shape index (κ3) is 103. The Balaban J connectivity index is -0.000000161. The van der Waals surface area contributed by atoms with Crippen LogP contribution in [0.1, 0.15) is 111 Å². The third-order valence-corrected chi connectivity index (χ3v) is 27.1. The molecular weight excluding hydrogens is 1530 g/mol. The molecule has 0 aromatic heterocycles. The van der Waals surface area contributed by atoms with Gasteiger partial charge in [0.05, 0.1) is 72.8 Å². The van der Waals surface area contributed by atoms with Crippen molar-refractivity contribution in [2.45, 2.75) is 122 Å². The zero-order chi connectivity index (χ0) is 80.2. The van der Waals surface area contributed by atoms with Gasteiger partial charge < -0.3 is 47.4 Å². The highest BCUT2D eigenvalue weighted by Crippen LogP contribution is 2.07. The van der Waals surface area contributed by atoms with Crippen molar-refractivity contribution >= 4 is 103 Å². The average molecular weight is 1660 g/mol. The first kappa shape index (κ1) is 116. The fourth-order valence-electron chi connectivity index (χ4n) is 6.15. The zero-order valence-electron chi connectivity index (χ0n) is 65.6. The molecule has 5 unspecified atom stereocenters. The molecule has 0 fully saturated rings. The van der Waals surface area contributed by atoms with E-state index in [1.54, 1.807) is 62.6 Å². The Morgan fingerprint density at radius 3 is 1.04 bits per heavy atom. The van der Waals surface area contributed by atoms with Gasteiger partial charge in [-0.15, -0.1) is 0 Å². The molecule has 0 saturated carbocycles. The summed E-state index contributed by atoms with van der Waals surface area (Å²) < 4.78 is 211. The Bertz CT molecular complexity index is 2820. The van der Waals surface area contributed by atoms with Crippen LogP contribution in [0.2, 0.25) is 0 Å². The molecule has 35 heteroatoms. The maximum Gasteiger partial charge on any atom is 0.156 e. The van der Waals surface area contributed by atoms with E-state index in [0.717, 1.165) is 116 Å². The SMILES string of the molecule is CCCS(=O)(=O)CCOC.CCCS(=O)CCCOC.CCS(=O)(=O)CCOC.CCS(=O)CCCOC.COCCCS(=O)C(C)C.COCCCS(=O)Cc1ccccc1.COCCCS(C)=O.COCCS(=O)(=O)C(C)C.COCCS(=O)(=O)Cc1ccccc1.COCCS(C)(=O)=O. The van der Waals surface area contributed by atoms with Gasteiger partial charge in [0.2, 0.25) is 0 Å². The summed E-state index contributed by atoms with van der Waals surface area (Å²) in [5.74, 6) is 7.27. The average Bonchev–Trinajstić information content (AvgIpc) is 0.862. The summed E-state index contributed by atoms with van der Waals surface area (Å²) >= 11 is 0. The molecular formula is C67H138O25S10. The van der Waals surface area contributed by atoms with Crippen molar-refractivity contribution < 1.29 is 111 Å². The summed E-state index contributed by atoms with van der Waals surface area (Å²) in [5.41, 5.74) is 1.96.